The number of halogens is 3. The Hall–Kier alpha value is -0.330. The number of ether oxygens (including phenoxy) is 1. The van der Waals surface area contributed by atoms with Gasteiger partial charge in [-0.2, -0.15) is 13.2 Å². The first-order chi connectivity index (χ1) is 6.45. The number of aliphatic hydroxyl groups excluding tert-OH is 1. The van der Waals surface area contributed by atoms with E-state index in [4.69, 9.17) is 5.11 Å². The molecule has 0 spiro atoms. The van der Waals surface area contributed by atoms with Crippen molar-refractivity contribution in [3.05, 3.63) is 0 Å². The molecule has 1 aliphatic heterocycles. The van der Waals surface area contributed by atoms with Crippen LogP contribution >= 0.6 is 0 Å². The highest BCUT2D eigenvalue weighted by atomic mass is 19.4. The smallest absolute Gasteiger partial charge is 0.395 e. The number of alkyl halides is 3. The molecule has 1 rings (SSSR count). The SMILES string of the molecule is CO[C@@]1(C(F)(F)F)CCN(CCO)C1. The lowest BCUT2D eigenvalue weighted by Crippen LogP contribution is -2.49. The second-order valence-electron chi connectivity index (χ2n) is 3.45. The van der Waals surface area contributed by atoms with Gasteiger partial charge in [0.2, 0.25) is 0 Å². The Morgan fingerprint density at radius 2 is 2.14 bits per heavy atom. The molecule has 84 valence electrons. The third kappa shape index (κ3) is 2.02. The zero-order valence-corrected chi connectivity index (χ0v) is 7.97. The van der Waals surface area contributed by atoms with Crippen LogP contribution in [0.3, 0.4) is 0 Å². The largest absolute Gasteiger partial charge is 0.418 e. The lowest BCUT2D eigenvalue weighted by atomic mass is 10.0. The van der Waals surface area contributed by atoms with Gasteiger partial charge in [0.15, 0.2) is 5.60 Å². The van der Waals surface area contributed by atoms with Gasteiger partial charge in [-0.25, -0.2) is 0 Å². The molecule has 0 aromatic heterocycles. The molecule has 0 saturated carbocycles. The van der Waals surface area contributed by atoms with Crippen molar-refractivity contribution < 1.29 is 23.0 Å². The van der Waals surface area contributed by atoms with E-state index >= 15 is 0 Å². The lowest BCUT2D eigenvalue weighted by Gasteiger charge is -2.30. The van der Waals surface area contributed by atoms with E-state index in [1.165, 1.54) is 0 Å². The zero-order valence-electron chi connectivity index (χ0n) is 7.97. The van der Waals surface area contributed by atoms with Gasteiger partial charge < -0.3 is 9.84 Å². The molecular formula is C8H14F3NO2. The van der Waals surface area contributed by atoms with Crippen molar-refractivity contribution in [2.75, 3.05) is 33.4 Å². The van der Waals surface area contributed by atoms with Crippen LogP contribution in [-0.4, -0.2) is 55.1 Å². The van der Waals surface area contributed by atoms with E-state index < -0.39 is 11.8 Å². The summed E-state index contributed by atoms with van der Waals surface area (Å²) in [6, 6.07) is 0. The van der Waals surface area contributed by atoms with E-state index in [1.54, 1.807) is 4.90 Å². The van der Waals surface area contributed by atoms with Crippen molar-refractivity contribution in [3.63, 3.8) is 0 Å². The van der Waals surface area contributed by atoms with Gasteiger partial charge in [-0.05, 0) is 6.42 Å². The summed E-state index contributed by atoms with van der Waals surface area (Å²) in [5.41, 5.74) is -2.04. The van der Waals surface area contributed by atoms with E-state index in [0.717, 1.165) is 7.11 Å². The standard InChI is InChI=1S/C8H14F3NO2/c1-14-7(8(9,10)11)2-3-12(6-7)4-5-13/h13H,2-6H2,1H3/t7-/m0/s1. The van der Waals surface area contributed by atoms with E-state index in [1.807, 2.05) is 0 Å². The number of hydrogen-bond acceptors (Lipinski definition) is 3. The van der Waals surface area contributed by atoms with Crippen LogP contribution in [0.15, 0.2) is 0 Å². The Morgan fingerprint density at radius 3 is 2.50 bits per heavy atom. The number of likely N-dealkylation sites (tertiary alicyclic amines) is 1. The van der Waals surface area contributed by atoms with Crippen LogP contribution in [0.25, 0.3) is 0 Å². The molecule has 0 amide bonds. The molecule has 3 nitrogen and oxygen atoms in total. The summed E-state index contributed by atoms with van der Waals surface area (Å²) in [6.45, 7) is 0.264. The normalized spacial score (nSPS) is 29.8. The second kappa shape index (κ2) is 4.04. The van der Waals surface area contributed by atoms with E-state index in [2.05, 4.69) is 4.74 Å². The maximum atomic E-state index is 12.6. The molecule has 1 heterocycles. The highest BCUT2D eigenvalue weighted by Gasteiger charge is 2.58. The zero-order chi connectivity index (χ0) is 10.8. The first-order valence-electron chi connectivity index (χ1n) is 4.40. The Morgan fingerprint density at radius 1 is 1.50 bits per heavy atom. The molecule has 1 fully saturated rings. The predicted octanol–water partition coefficient (Wildman–Crippen LogP) is 0.632. The van der Waals surface area contributed by atoms with E-state index in [0.29, 0.717) is 6.54 Å². The summed E-state index contributed by atoms with van der Waals surface area (Å²) < 4.78 is 42.4. The van der Waals surface area contributed by atoms with Gasteiger partial charge in [0.1, 0.15) is 0 Å². The molecule has 0 aromatic rings. The first kappa shape index (κ1) is 11.7. The minimum atomic E-state index is -4.34. The number of nitrogens with zero attached hydrogens (tertiary/aromatic N) is 1. The maximum absolute atomic E-state index is 12.6. The number of methoxy groups -OCH3 is 1. The van der Waals surface area contributed by atoms with E-state index in [-0.39, 0.29) is 26.1 Å². The van der Waals surface area contributed by atoms with Gasteiger partial charge in [0.05, 0.1) is 6.61 Å². The maximum Gasteiger partial charge on any atom is 0.418 e. The molecule has 0 aromatic carbocycles. The van der Waals surface area contributed by atoms with Gasteiger partial charge in [-0.1, -0.05) is 0 Å². The van der Waals surface area contributed by atoms with Crippen molar-refractivity contribution in [2.24, 2.45) is 0 Å². The lowest BCUT2D eigenvalue weighted by molar-refractivity contribution is -0.263. The highest BCUT2D eigenvalue weighted by Crippen LogP contribution is 2.40. The van der Waals surface area contributed by atoms with Crippen LogP contribution in [0.2, 0.25) is 0 Å². The van der Waals surface area contributed by atoms with Gasteiger partial charge in [0.25, 0.3) is 0 Å². The molecule has 1 saturated heterocycles. The van der Waals surface area contributed by atoms with Gasteiger partial charge in [-0.15, -0.1) is 0 Å². The van der Waals surface area contributed by atoms with Crippen LogP contribution in [0.1, 0.15) is 6.42 Å². The van der Waals surface area contributed by atoms with Crippen molar-refractivity contribution in [1.29, 1.82) is 0 Å². The molecular weight excluding hydrogens is 199 g/mol. The van der Waals surface area contributed by atoms with Gasteiger partial charge in [-0.3, -0.25) is 4.90 Å². The summed E-state index contributed by atoms with van der Waals surface area (Å²) in [7, 11) is 1.08. The van der Waals surface area contributed by atoms with E-state index in [9.17, 15) is 13.2 Å². The third-order valence-corrected chi connectivity index (χ3v) is 2.63. The monoisotopic (exact) mass is 213 g/mol. The molecule has 1 atom stereocenters. The Balaban J connectivity index is 2.66. The fraction of sp³-hybridized carbons (Fsp3) is 1.00. The van der Waals surface area contributed by atoms with Crippen LogP contribution in [0.5, 0.6) is 0 Å². The quantitative estimate of drug-likeness (QED) is 0.746. The molecule has 0 radical (unpaired) electrons. The van der Waals surface area contributed by atoms with Crippen molar-refractivity contribution in [3.8, 4) is 0 Å². The number of β-amino-alcohol motifs (C(OH)–C–C–N with tert-alkyl or cyclic N) is 1. The highest BCUT2D eigenvalue weighted by molar-refractivity contribution is 4.97. The third-order valence-electron chi connectivity index (χ3n) is 2.63. The van der Waals surface area contributed by atoms with Gasteiger partial charge >= 0.3 is 6.18 Å². The van der Waals surface area contributed by atoms with Crippen LogP contribution in [0.4, 0.5) is 13.2 Å². The summed E-state index contributed by atoms with van der Waals surface area (Å²) in [5.74, 6) is 0. The molecule has 1 N–H and O–H groups in total. The average molecular weight is 213 g/mol. The molecule has 0 aliphatic carbocycles. The van der Waals surface area contributed by atoms with Crippen LogP contribution in [0, 0.1) is 0 Å². The van der Waals surface area contributed by atoms with Gasteiger partial charge in [0, 0.05) is 26.7 Å². The summed E-state index contributed by atoms with van der Waals surface area (Å²) in [4.78, 5) is 1.55. The minimum absolute atomic E-state index is 0.0625. The first-order valence-corrected chi connectivity index (χ1v) is 4.40. The van der Waals surface area contributed by atoms with Crippen LogP contribution in [-0.2, 0) is 4.74 Å². The predicted molar refractivity (Wildman–Crippen MR) is 43.9 cm³/mol. The fourth-order valence-corrected chi connectivity index (χ4v) is 1.70. The minimum Gasteiger partial charge on any atom is -0.395 e. The Kier molecular flexibility index (Phi) is 3.39. The average Bonchev–Trinajstić information content (AvgIpc) is 2.49. The molecule has 1 aliphatic rings. The van der Waals surface area contributed by atoms with Crippen molar-refractivity contribution in [1.82, 2.24) is 4.90 Å². The van der Waals surface area contributed by atoms with Crippen molar-refractivity contribution in [2.45, 2.75) is 18.2 Å². The van der Waals surface area contributed by atoms with Crippen LogP contribution < -0.4 is 0 Å². The molecule has 0 unspecified atom stereocenters. The summed E-state index contributed by atoms with van der Waals surface area (Å²) in [6.07, 6.45) is -4.40. The number of aliphatic hydroxyl groups is 1. The molecule has 0 bridgehead atoms. The fourth-order valence-electron chi connectivity index (χ4n) is 1.70. The topological polar surface area (TPSA) is 32.7 Å². The van der Waals surface area contributed by atoms with Crippen molar-refractivity contribution >= 4 is 0 Å². The summed E-state index contributed by atoms with van der Waals surface area (Å²) in [5, 5.41) is 8.61. The second-order valence-corrected chi connectivity index (χ2v) is 3.45. The summed E-state index contributed by atoms with van der Waals surface area (Å²) >= 11 is 0. The Labute approximate surface area is 80.5 Å². The number of hydrogen-bond donors (Lipinski definition) is 1. The number of rotatable bonds is 3. The molecule has 6 heteroatoms. The molecule has 14 heavy (non-hydrogen) atoms. The Bertz CT molecular complexity index is 198.